The van der Waals surface area contributed by atoms with E-state index >= 15 is 0 Å². The van der Waals surface area contributed by atoms with Crippen molar-refractivity contribution in [3.8, 4) is 0 Å². The number of aryl methyl sites for hydroxylation is 1. The second-order valence-electron chi connectivity index (χ2n) is 6.39. The fourth-order valence-electron chi connectivity index (χ4n) is 2.25. The number of esters is 1. The molecule has 9 heteroatoms. The third kappa shape index (κ3) is 6.05. The lowest BCUT2D eigenvalue weighted by molar-refractivity contribution is -0.119. The molecule has 0 heterocycles. The SMILES string of the molecule is Cc1ccc(NC(=O)COC(=O)c2cccc(S(=O)(=O)NC(C)C)c2)cc1Cl. The van der Waals surface area contributed by atoms with Crippen molar-refractivity contribution < 1.29 is 22.7 Å². The predicted molar refractivity (Wildman–Crippen MR) is 107 cm³/mol. The maximum absolute atomic E-state index is 12.2. The van der Waals surface area contributed by atoms with Gasteiger partial charge in [-0.3, -0.25) is 4.79 Å². The first-order valence-electron chi connectivity index (χ1n) is 8.44. The number of benzene rings is 2. The number of halogens is 1. The van der Waals surface area contributed by atoms with Gasteiger partial charge in [-0.15, -0.1) is 0 Å². The van der Waals surface area contributed by atoms with Crippen molar-refractivity contribution in [3.05, 3.63) is 58.6 Å². The van der Waals surface area contributed by atoms with E-state index in [-0.39, 0.29) is 16.5 Å². The van der Waals surface area contributed by atoms with Crippen LogP contribution in [-0.4, -0.2) is 32.9 Å². The first-order valence-corrected chi connectivity index (χ1v) is 10.3. The fraction of sp³-hybridized carbons (Fsp3) is 0.263. The van der Waals surface area contributed by atoms with Crippen molar-refractivity contribution in [2.75, 3.05) is 11.9 Å². The van der Waals surface area contributed by atoms with E-state index in [9.17, 15) is 18.0 Å². The van der Waals surface area contributed by atoms with Crippen LogP contribution in [0.3, 0.4) is 0 Å². The molecule has 7 nitrogen and oxygen atoms in total. The lowest BCUT2D eigenvalue weighted by Crippen LogP contribution is -2.30. The monoisotopic (exact) mass is 424 g/mol. The highest BCUT2D eigenvalue weighted by Crippen LogP contribution is 2.20. The Labute approximate surface area is 169 Å². The Morgan fingerprint density at radius 3 is 2.50 bits per heavy atom. The van der Waals surface area contributed by atoms with E-state index < -0.39 is 28.5 Å². The molecule has 28 heavy (non-hydrogen) atoms. The highest BCUT2D eigenvalue weighted by Gasteiger charge is 2.18. The van der Waals surface area contributed by atoms with Crippen LogP contribution in [0, 0.1) is 6.92 Å². The summed E-state index contributed by atoms with van der Waals surface area (Å²) in [7, 11) is -3.74. The van der Waals surface area contributed by atoms with Gasteiger partial charge in [0.15, 0.2) is 6.61 Å². The minimum atomic E-state index is -3.74. The van der Waals surface area contributed by atoms with Gasteiger partial charge in [0.25, 0.3) is 5.91 Å². The lowest BCUT2D eigenvalue weighted by Gasteiger charge is -2.11. The van der Waals surface area contributed by atoms with Crippen molar-refractivity contribution in [2.45, 2.75) is 31.7 Å². The summed E-state index contributed by atoms with van der Waals surface area (Å²) in [5, 5.41) is 3.07. The molecular formula is C19H21ClN2O5S. The van der Waals surface area contributed by atoms with E-state index in [4.69, 9.17) is 16.3 Å². The Kier molecular flexibility index (Phi) is 7.17. The van der Waals surface area contributed by atoms with Crippen LogP contribution in [0.5, 0.6) is 0 Å². The molecule has 2 N–H and O–H groups in total. The third-order valence-corrected chi connectivity index (χ3v) is 5.62. The molecule has 0 aliphatic rings. The number of sulfonamides is 1. The Morgan fingerprint density at radius 1 is 1.14 bits per heavy atom. The number of nitrogens with one attached hydrogen (secondary N) is 2. The molecule has 0 unspecified atom stereocenters. The van der Waals surface area contributed by atoms with Gasteiger partial charge in [-0.25, -0.2) is 17.9 Å². The number of ether oxygens (including phenoxy) is 1. The number of carbonyl (C=O) groups excluding carboxylic acids is 2. The Balaban J connectivity index is 2.00. The molecule has 0 fully saturated rings. The van der Waals surface area contributed by atoms with Crippen LogP contribution in [0.1, 0.15) is 29.8 Å². The number of rotatable bonds is 7. The normalized spacial score (nSPS) is 11.3. The molecule has 0 aliphatic heterocycles. The maximum Gasteiger partial charge on any atom is 0.338 e. The van der Waals surface area contributed by atoms with Crippen LogP contribution in [0.15, 0.2) is 47.4 Å². The van der Waals surface area contributed by atoms with Crippen molar-refractivity contribution in [3.63, 3.8) is 0 Å². The molecule has 0 saturated carbocycles. The summed E-state index contributed by atoms with van der Waals surface area (Å²) in [6.45, 7) is 4.69. The molecule has 1 amide bonds. The highest BCUT2D eigenvalue weighted by atomic mass is 35.5. The average molecular weight is 425 g/mol. The first-order chi connectivity index (χ1) is 13.1. The van der Waals surface area contributed by atoms with E-state index in [1.54, 1.807) is 32.0 Å². The van der Waals surface area contributed by atoms with Crippen LogP contribution >= 0.6 is 11.6 Å². The predicted octanol–water partition coefficient (Wildman–Crippen LogP) is 3.13. The smallest absolute Gasteiger partial charge is 0.338 e. The molecule has 0 aliphatic carbocycles. The molecule has 0 atom stereocenters. The van der Waals surface area contributed by atoms with E-state index in [0.29, 0.717) is 10.7 Å². The largest absolute Gasteiger partial charge is 0.452 e. The molecule has 2 aromatic rings. The summed E-state index contributed by atoms with van der Waals surface area (Å²) < 4.78 is 31.8. The first kappa shape index (κ1) is 21.9. The summed E-state index contributed by atoms with van der Waals surface area (Å²) >= 11 is 6.00. The number of hydrogen-bond acceptors (Lipinski definition) is 5. The Morgan fingerprint density at radius 2 is 1.86 bits per heavy atom. The quantitative estimate of drug-likeness (QED) is 0.665. The minimum Gasteiger partial charge on any atom is -0.452 e. The van der Waals surface area contributed by atoms with Gasteiger partial charge in [-0.2, -0.15) is 0 Å². The van der Waals surface area contributed by atoms with Crippen LogP contribution in [0.4, 0.5) is 5.69 Å². The summed E-state index contributed by atoms with van der Waals surface area (Å²) in [5.74, 6) is -1.35. The standard InChI is InChI=1S/C19H21ClN2O5S/c1-12(2)22-28(25,26)16-6-4-5-14(9-16)19(24)27-11-18(23)21-15-8-7-13(3)17(20)10-15/h4-10,12,22H,11H2,1-3H3,(H,21,23). The van der Waals surface area contributed by atoms with Gasteiger partial charge in [-0.1, -0.05) is 23.7 Å². The maximum atomic E-state index is 12.2. The Bertz CT molecular complexity index is 990. The second-order valence-corrected chi connectivity index (χ2v) is 8.51. The summed E-state index contributed by atoms with van der Waals surface area (Å²) in [4.78, 5) is 24.1. The van der Waals surface area contributed by atoms with E-state index in [1.165, 1.54) is 24.3 Å². The van der Waals surface area contributed by atoms with Crippen LogP contribution < -0.4 is 10.0 Å². The van der Waals surface area contributed by atoms with Gasteiger partial charge < -0.3 is 10.1 Å². The molecule has 0 bridgehead atoms. The van der Waals surface area contributed by atoms with Gasteiger partial charge >= 0.3 is 5.97 Å². The molecule has 2 aromatic carbocycles. The summed E-state index contributed by atoms with van der Waals surface area (Å²) in [5.41, 5.74) is 1.37. The summed E-state index contributed by atoms with van der Waals surface area (Å²) in [6.07, 6.45) is 0. The number of carbonyl (C=O) groups is 2. The van der Waals surface area contributed by atoms with Crippen LogP contribution in [-0.2, 0) is 19.6 Å². The fourth-order valence-corrected chi connectivity index (χ4v) is 3.73. The molecule has 0 radical (unpaired) electrons. The van der Waals surface area contributed by atoms with E-state index in [2.05, 4.69) is 10.0 Å². The molecule has 0 spiro atoms. The number of anilines is 1. The lowest BCUT2D eigenvalue weighted by atomic mass is 10.2. The van der Waals surface area contributed by atoms with Crippen molar-refractivity contribution in [1.82, 2.24) is 4.72 Å². The third-order valence-electron chi connectivity index (χ3n) is 3.56. The minimum absolute atomic E-state index is 0.0258. The van der Waals surface area contributed by atoms with Gasteiger partial charge in [-0.05, 0) is 56.7 Å². The topological polar surface area (TPSA) is 102 Å². The molecule has 0 aromatic heterocycles. The van der Waals surface area contributed by atoms with E-state index in [0.717, 1.165) is 5.56 Å². The Hall–Kier alpha value is -2.42. The highest BCUT2D eigenvalue weighted by molar-refractivity contribution is 7.89. The van der Waals surface area contributed by atoms with Crippen LogP contribution in [0.2, 0.25) is 5.02 Å². The van der Waals surface area contributed by atoms with Gasteiger partial charge in [0, 0.05) is 16.8 Å². The molecule has 150 valence electrons. The summed E-state index contributed by atoms with van der Waals surface area (Å²) in [6, 6.07) is 10.1. The van der Waals surface area contributed by atoms with Gasteiger partial charge in [0.1, 0.15) is 0 Å². The van der Waals surface area contributed by atoms with Gasteiger partial charge in [0.2, 0.25) is 10.0 Å². The van der Waals surface area contributed by atoms with Crippen LogP contribution in [0.25, 0.3) is 0 Å². The molecular weight excluding hydrogens is 404 g/mol. The zero-order chi connectivity index (χ0) is 20.9. The van der Waals surface area contributed by atoms with Crippen molar-refractivity contribution in [2.24, 2.45) is 0 Å². The number of hydrogen-bond donors (Lipinski definition) is 2. The average Bonchev–Trinajstić information content (AvgIpc) is 2.62. The zero-order valence-electron chi connectivity index (χ0n) is 15.7. The molecule has 2 rings (SSSR count). The van der Waals surface area contributed by atoms with Crippen molar-refractivity contribution >= 4 is 39.2 Å². The van der Waals surface area contributed by atoms with Gasteiger partial charge in [0.05, 0.1) is 10.5 Å². The van der Waals surface area contributed by atoms with E-state index in [1.807, 2.05) is 6.92 Å². The zero-order valence-corrected chi connectivity index (χ0v) is 17.2. The second kappa shape index (κ2) is 9.18. The van der Waals surface area contributed by atoms with Crippen molar-refractivity contribution in [1.29, 1.82) is 0 Å². The molecule has 0 saturated heterocycles. The number of amides is 1.